The van der Waals surface area contributed by atoms with Crippen LogP contribution in [0, 0.1) is 34.6 Å². The van der Waals surface area contributed by atoms with Crippen molar-refractivity contribution in [2.75, 3.05) is 0 Å². The third-order valence-corrected chi connectivity index (χ3v) is 2.87. The predicted octanol–water partition coefficient (Wildman–Crippen LogP) is 4.72. The summed E-state index contributed by atoms with van der Waals surface area (Å²) in [5.74, 6) is 0. The van der Waals surface area contributed by atoms with E-state index >= 15 is 0 Å². The van der Waals surface area contributed by atoms with Gasteiger partial charge in [0.1, 0.15) is 5.69 Å². The summed E-state index contributed by atoms with van der Waals surface area (Å²) in [6.07, 6.45) is -4.33. The lowest BCUT2D eigenvalue weighted by atomic mass is 10.2. The van der Waals surface area contributed by atoms with Crippen molar-refractivity contribution in [1.29, 1.82) is 0 Å². The Morgan fingerprint density at radius 2 is 1.33 bits per heavy atom. The van der Waals surface area contributed by atoms with Crippen molar-refractivity contribution in [3.05, 3.63) is 58.2 Å². The normalized spacial score (nSPS) is 10.9. The fourth-order valence-corrected chi connectivity index (χ4v) is 1.83. The van der Waals surface area contributed by atoms with Crippen molar-refractivity contribution in [3.8, 4) is 0 Å². The van der Waals surface area contributed by atoms with Gasteiger partial charge in [-0.15, -0.1) is 0 Å². The Balaban J connectivity index is 0.000000219. The molecular weight excluding hydrogens is 277 g/mol. The molecule has 0 aromatic carbocycles. The Kier molecular flexibility index (Phi) is 5.47. The van der Waals surface area contributed by atoms with E-state index in [0.29, 0.717) is 5.69 Å². The molecule has 0 saturated carbocycles. The largest absolute Gasteiger partial charge is 0.433 e. The summed E-state index contributed by atoms with van der Waals surface area (Å²) in [6.45, 7) is 9.40. The van der Waals surface area contributed by atoms with Crippen molar-refractivity contribution < 1.29 is 13.2 Å². The zero-order valence-corrected chi connectivity index (χ0v) is 12.8. The van der Waals surface area contributed by atoms with E-state index in [4.69, 9.17) is 0 Å². The van der Waals surface area contributed by atoms with Crippen LogP contribution in [0.4, 0.5) is 13.2 Å². The maximum absolute atomic E-state index is 12.0. The van der Waals surface area contributed by atoms with E-state index in [2.05, 4.69) is 29.0 Å². The zero-order chi connectivity index (χ0) is 16.2. The standard InChI is InChI=1S/C8H8F3N.C8H11N/c1-5-3-4-7(8(9,10)11)12-6(5)2;1-6-4-7(2)9-8(3)5-6/h3-4H,1-2H3;4-5H,1-3H3. The second kappa shape index (κ2) is 6.70. The van der Waals surface area contributed by atoms with Gasteiger partial charge in [-0.3, -0.25) is 4.98 Å². The highest BCUT2D eigenvalue weighted by atomic mass is 19.4. The first-order valence-corrected chi connectivity index (χ1v) is 6.53. The van der Waals surface area contributed by atoms with Gasteiger partial charge in [0.25, 0.3) is 0 Å². The molecule has 0 spiro atoms. The molecule has 0 N–H and O–H groups in total. The van der Waals surface area contributed by atoms with E-state index < -0.39 is 11.9 Å². The van der Waals surface area contributed by atoms with Crippen LogP contribution in [0.3, 0.4) is 0 Å². The number of alkyl halides is 3. The third kappa shape index (κ3) is 5.53. The number of aryl methyl sites for hydroxylation is 5. The molecule has 0 fully saturated rings. The topological polar surface area (TPSA) is 25.8 Å². The molecule has 0 aliphatic heterocycles. The highest BCUT2D eigenvalue weighted by Gasteiger charge is 2.32. The molecule has 2 rings (SSSR count). The third-order valence-electron chi connectivity index (χ3n) is 2.87. The first-order valence-electron chi connectivity index (χ1n) is 6.53. The molecule has 0 atom stereocenters. The molecule has 2 aromatic rings. The maximum atomic E-state index is 12.0. The van der Waals surface area contributed by atoms with Crippen LogP contribution in [0.5, 0.6) is 0 Å². The Morgan fingerprint density at radius 1 is 0.810 bits per heavy atom. The molecule has 5 heteroatoms. The highest BCUT2D eigenvalue weighted by Crippen LogP contribution is 2.27. The minimum absolute atomic E-state index is 0.421. The highest BCUT2D eigenvalue weighted by molar-refractivity contribution is 5.21. The molecule has 0 bridgehead atoms. The second-order valence-electron chi connectivity index (χ2n) is 5.02. The van der Waals surface area contributed by atoms with E-state index in [1.165, 1.54) is 11.6 Å². The van der Waals surface area contributed by atoms with Crippen molar-refractivity contribution in [2.45, 2.75) is 40.8 Å². The molecule has 21 heavy (non-hydrogen) atoms. The van der Waals surface area contributed by atoms with Gasteiger partial charge in [0.2, 0.25) is 0 Å². The summed E-state index contributed by atoms with van der Waals surface area (Å²) in [4.78, 5) is 7.65. The number of rotatable bonds is 0. The lowest BCUT2D eigenvalue weighted by Crippen LogP contribution is -2.08. The van der Waals surface area contributed by atoms with E-state index in [-0.39, 0.29) is 0 Å². The van der Waals surface area contributed by atoms with Crippen molar-refractivity contribution >= 4 is 0 Å². The zero-order valence-electron chi connectivity index (χ0n) is 12.8. The molecule has 0 aliphatic rings. The summed E-state index contributed by atoms with van der Waals surface area (Å²) in [5.41, 5.74) is 3.86. The van der Waals surface area contributed by atoms with Gasteiger partial charge in [0, 0.05) is 17.1 Å². The molecule has 0 unspecified atom stereocenters. The average molecular weight is 296 g/mol. The van der Waals surface area contributed by atoms with E-state index in [1.807, 2.05) is 13.8 Å². The molecule has 0 radical (unpaired) electrons. The van der Waals surface area contributed by atoms with Gasteiger partial charge >= 0.3 is 6.18 Å². The fourth-order valence-electron chi connectivity index (χ4n) is 1.83. The second-order valence-corrected chi connectivity index (χ2v) is 5.02. The van der Waals surface area contributed by atoms with Crippen LogP contribution >= 0.6 is 0 Å². The van der Waals surface area contributed by atoms with E-state index in [0.717, 1.165) is 23.0 Å². The lowest BCUT2D eigenvalue weighted by molar-refractivity contribution is -0.141. The average Bonchev–Trinajstić information content (AvgIpc) is 2.30. The number of hydrogen-bond acceptors (Lipinski definition) is 2. The summed E-state index contributed by atoms with van der Waals surface area (Å²) >= 11 is 0. The Morgan fingerprint density at radius 3 is 1.71 bits per heavy atom. The summed E-state index contributed by atoms with van der Waals surface area (Å²) < 4.78 is 36.1. The first-order chi connectivity index (χ1) is 9.59. The molecule has 2 aromatic heterocycles. The van der Waals surface area contributed by atoms with Gasteiger partial charge in [-0.25, -0.2) is 4.98 Å². The van der Waals surface area contributed by atoms with E-state index in [9.17, 15) is 13.2 Å². The Hall–Kier alpha value is -1.91. The van der Waals surface area contributed by atoms with Gasteiger partial charge in [-0.2, -0.15) is 13.2 Å². The maximum Gasteiger partial charge on any atom is 0.433 e. The van der Waals surface area contributed by atoms with Crippen LogP contribution in [0.15, 0.2) is 24.3 Å². The molecule has 0 aliphatic carbocycles. The van der Waals surface area contributed by atoms with Gasteiger partial charge in [0.05, 0.1) is 0 Å². The lowest BCUT2D eigenvalue weighted by Gasteiger charge is -2.06. The van der Waals surface area contributed by atoms with Crippen LogP contribution in [-0.2, 0) is 6.18 Å². The first kappa shape index (κ1) is 17.1. The quantitative estimate of drug-likeness (QED) is 0.702. The summed E-state index contributed by atoms with van der Waals surface area (Å²) in [5, 5.41) is 0. The molecule has 114 valence electrons. The molecule has 0 saturated heterocycles. The fraction of sp³-hybridized carbons (Fsp3) is 0.375. The number of pyridine rings is 2. The predicted molar refractivity (Wildman–Crippen MR) is 77.2 cm³/mol. The number of hydrogen-bond donors (Lipinski definition) is 0. The smallest absolute Gasteiger partial charge is 0.258 e. The van der Waals surface area contributed by atoms with Gasteiger partial charge in [0.15, 0.2) is 0 Å². The number of halogens is 3. The SMILES string of the molecule is Cc1cc(C)nc(C)c1.Cc1ccc(C(F)(F)F)nc1C. The van der Waals surface area contributed by atoms with Crippen LogP contribution < -0.4 is 0 Å². The van der Waals surface area contributed by atoms with E-state index in [1.54, 1.807) is 13.8 Å². The molecule has 2 heterocycles. The number of nitrogens with zero attached hydrogens (tertiary/aromatic N) is 2. The van der Waals surface area contributed by atoms with Crippen LogP contribution in [0.1, 0.15) is 33.9 Å². The van der Waals surface area contributed by atoms with Gasteiger partial charge in [-0.1, -0.05) is 6.07 Å². The van der Waals surface area contributed by atoms with Crippen molar-refractivity contribution in [2.24, 2.45) is 0 Å². The van der Waals surface area contributed by atoms with Crippen molar-refractivity contribution in [3.63, 3.8) is 0 Å². The van der Waals surface area contributed by atoms with Crippen LogP contribution in [-0.4, -0.2) is 9.97 Å². The van der Waals surface area contributed by atoms with Crippen LogP contribution in [0.2, 0.25) is 0 Å². The monoisotopic (exact) mass is 296 g/mol. The molecule has 2 nitrogen and oxygen atoms in total. The molecular formula is C16H19F3N2. The van der Waals surface area contributed by atoms with Gasteiger partial charge < -0.3 is 0 Å². The number of aromatic nitrogens is 2. The summed E-state index contributed by atoms with van der Waals surface area (Å²) in [6, 6.07) is 6.56. The minimum Gasteiger partial charge on any atom is -0.258 e. The Bertz CT molecular complexity index is 569. The minimum atomic E-state index is -4.33. The van der Waals surface area contributed by atoms with Crippen molar-refractivity contribution in [1.82, 2.24) is 9.97 Å². The Labute approximate surface area is 123 Å². The van der Waals surface area contributed by atoms with Gasteiger partial charge in [-0.05, 0) is 63.9 Å². The molecule has 0 amide bonds. The summed E-state index contributed by atoms with van der Waals surface area (Å²) in [7, 11) is 0. The van der Waals surface area contributed by atoms with Crippen LogP contribution in [0.25, 0.3) is 0 Å².